The van der Waals surface area contributed by atoms with E-state index in [0.29, 0.717) is 5.92 Å². The maximum atomic E-state index is 4.18. The summed E-state index contributed by atoms with van der Waals surface area (Å²) in [6, 6.07) is 0. The van der Waals surface area contributed by atoms with E-state index in [1.165, 1.54) is 17.8 Å². The molecule has 0 unspecified atom stereocenters. The Balaban J connectivity index is 0.000000845. The molecule has 0 aliphatic carbocycles. The summed E-state index contributed by atoms with van der Waals surface area (Å²) in [5, 5.41) is 13.9. The molecule has 74 valence electrons. The smallest absolute Gasteiger partial charge is 0.120 e. The average Bonchev–Trinajstić information content (AvgIpc) is 2.54. The molecule has 2 rings (SSSR count). The Labute approximate surface area is 88.4 Å². The Morgan fingerprint density at radius 3 is 2.54 bits per heavy atom. The zero-order valence-corrected chi connectivity index (χ0v) is 9.25. The second-order valence-electron chi connectivity index (χ2n) is 3.18. The molecule has 0 atom stereocenters. The van der Waals surface area contributed by atoms with Crippen molar-refractivity contribution < 1.29 is 0 Å². The van der Waals surface area contributed by atoms with Crippen molar-refractivity contribution >= 4 is 23.7 Å². The lowest BCUT2D eigenvalue weighted by atomic mass is 9.99. The first-order chi connectivity index (χ1) is 5.86. The third-order valence-electron chi connectivity index (χ3n) is 2.23. The molecule has 0 amide bonds. The zero-order chi connectivity index (χ0) is 8.39. The minimum Gasteiger partial charge on any atom is -0.317 e. The number of aryl methyl sites for hydroxylation is 1. The van der Waals surface area contributed by atoms with Crippen molar-refractivity contribution in [3.8, 4) is 0 Å². The minimum atomic E-state index is 0. The normalized spacial score (nSPS) is 18.2. The molecule has 0 bridgehead atoms. The monoisotopic (exact) mass is 219 g/mol. The highest BCUT2D eigenvalue weighted by atomic mass is 35.5. The van der Waals surface area contributed by atoms with Gasteiger partial charge in [-0.25, -0.2) is 0 Å². The van der Waals surface area contributed by atoms with Gasteiger partial charge in [0.15, 0.2) is 0 Å². The highest BCUT2D eigenvalue weighted by Crippen LogP contribution is 2.27. The van der Waals surface area contributed by atoms with E-state index in [-0.39, 0.29) is 12.4 Å². The fourth-order valence-electron chi connectivity index (χ4n) is 1.55. The number of nitrogens with zero attached hydrogens (tertiary/aromatic N) is 2. The molecular weight excluding hydrogens is 206 g/mol. The number of hydrogen-bond donors (Lipinski definition) is 1. The number of hydrogen-bond acceptors (Lipinski definition) is 4. The first-order valence-electron chi connectivity index (χ1n) is 4.37. The third-order valence-corrected chi connectivity index (χ3v) is 3.23. The number of rotatable bonds is 1. The number of aromatic nitrogens is 2. The lowest BCUT2D eigenvalue weighted by Crippen LogP contribution is -2.26. The van der Waals surface area contributed by atoms with Crippen LogP contribution >= 0.6 is 23.7 Å². The molecule has 0 spiro atoms. The maximum absolute atomic E-state index is 4.18. The molecule has 5 heteroatoms. The molecule has 1 saturated heterocycles. The van der Waals surface area contributed by atoms with Crippen molar-refractivity contribution in [2.24, 2.45) is 0 Å². The molecule has 0 aromatic carbocycles. The van der Waals surface area contributed by atoms with Crippen LogP contribution in [0.1, 0.15) is 28.8 Å². The van der Waals surface area contributed by atoms with Gasteiger partial charge in [0.1, 0.15) is 10.0 Å². The van der Waals surface area contributed by atoms with Gasteiger partial charge in [-0.3, -0.25) is 0 Å². The Hall–Kier alpha value is -0.190. The minimum absolute atomic E-state index is 0. The summed E-state index contributed by atoms with van der Waals surface area (Å²) in [5.41, 5.74) is 0. The SMILES string of the molecule is Cc1nnc(C2CCNCC2)s1.Cl. The van der Waals surface area contributed by atoms with Crippen LogP contribution < -0.4 is 5.32 Å². The first-order valence-corrected chi connectivity index (χ1v) is 5.18. The van der Waals surface area contributed by atoms with Crippen molar-refractivity contribution in [2.75, 3.05) is 13.1 Å². The topological polar surface area (TPSA) is 37.8 Å². The Morgan fingerprint density at radius 1 is 1.31 bits per heavy atom. The highest BCUT2D eigenvalue weighted by Gasteiger charge is 2.18. The molecule has 1 aromatic rings. The van der Waals surface area contributed by atoms with E-state index in [4.69, 9.17) is 0 Å². The largest absolute Gasteiger partial charge is 0.317 e. The summed E-state index contributed by atoms with van der Waals surface area (Å²) in [6.07, 6.45) is 2.43. The molecule has 1 fully saturated rings. The quantitative estimate of drug-likeness (QED) is 0.782. The molecule has 0 radical (unpaired) electrons. The maximum Gasteiger partial charge on any atom is 0.120 e. The van der Waals surface area contributed by atoms with Gasteiger partial charge in [0.25, 0.3) is 0 Å². The van der Waals surface area contributed by atoms with Crippen LogP contribution in [0.3, 0.4) is 0 Å². The lowest BCUT2D eigenvalue weighted by molar-refractivity contribution is 0.457. The molecule has 1 aliphatic heterocycles. The van der Waals surface area contributed by atoms with Gasteiger partial charge >= 0.3 is 0 Å². The highest BCUT2D eigenvalue weighted by molar-refractivity contribution is 7.11. The molecule has 1 aromatic heterocycles. The number of halogens is 1. The van der Waals surface area contributed by atoms with Gasteiger partial charge in [0.2, 0.25) is 0 Å². The van der Waals surface area contributed by atoms with Crippen LogP contribution in [0.4, 0.5) is 0 Å². The molecule has 0 saturated carbocycles. The van der Waals surface area contributed by atoms with Gasteiger partial charge in [-0.1, -0.05) is 0 Å². The van der Waals surface area contributed by atoms with Gasteiger partial charge in [0, 0.05) is 5.92 Å². The van der Waals surface area contributed by atoms with E-state index in [1.807, 2.05) is 6.92 Å². The van der Waals surface area contributed by atoms with Gasteiger partial charge in [-0.15, -0.1) is 33.9 Å². The van der Waals surface area contributed by atoms with E-state index in [9.17, 15) is 0 Å². The van der Waals surface area contributed by atoms with Gasteiger partial charge in [0.05, 0.1) is 0 Å². The first kappa shape index (κ1) is 10.9. The molecule has 1 N–H and O–H groups in total. The van der Waals surface area contributed by atoms with E-state index >= 15 is 0 Å². The summed E-state index contributed by atoms with van der Waals surface area (Å²) < 4.78 is 0. The van der Waals surface area contributed by atoms with Crippen LogP contribution in [-0.4, -0.2) is 23.3 Å². The molecule has 2 heterocycles. The van der Waals surface area contributed by atoms with Crippen LogP contribution in [0.2, 0.25) is 0 Å². The van der Waals surface area contributed by atoms with E-state index in [1.54, 1.807) is 11.3 Å². The predicted octanol–water partition coefficient (Wildman–Crippen LogP) is 1.74. The second-order valence-corrected chi connectivity index (χ2v) is 4.40. The Morgan fingerprint density at radius 2 is 2.00 bits per heavy atom. The lowest BCUT2D eigenvalue weighted by Gasteiger charge is -2.19. The summed E-state index contributed by atoms with van der Waals surface area (Å²) in [4.78, 5) is 0. The Bertz CT molecular complexity index is 258. The van der Waals surface area contributed by atoms with Gasteiger partial charge in [-0.2, -0.15) is 0 Å². The fraction of sp³-hybridized carbons (Fsp3) is 0.750. The number of piperidine rings is 1. The van der Waals surface area contributed by atoms with Crippen LogP contribution in [0.15, 0.2) is 0 Å². The van der Waals surface area contributed by atoms with Gasteiger partial charge < -0.3 is 5.32 Å². The van der Waals surface area contributed by atoms with Crippen molar-refractivity contribution in [2.45, 2.75) is 25.7 Å². The predicted molar refractivity (Wildman–Crippen MR) is 56.7 cm³/mol. The fourth-order valence-corrected chi connectivity index (χ4v) is 2.41. The standard InChI is InChI=1S/C8H13N3S.ClH/c1-6-10-11-8(12-6)7-2-4-9-5-3-7;/h7,9H,2-5H2,1H3;1H. The van der Waals surface area contributed by atoms with E-state index in [2.05, 4.69) is 15.5 Å². The molecule has 3 nitrogen and oxygen atoms in total. The summed E-state index contributed by atoms with van der Waals surface area (Å²) >= 11 is 1.74. The van der Waals surface area contributed by atoms with Crippen molar-refractivity contribution in [3.05, 3.63) is 10.0 Å². The third kappa shape index (κ3) is 2.62. The summed E-state index contributed by atoms with van der Waals surface area (Å²) in [6.45, 7) is 4.27. The van der Waals surface area contributed by atoms with Crippen molar-refractivity contribution in [1.29, 1.82) is 0 Å². The van der Waals surface area contributed by atoms with Crippen molar-refractivity contribution in [1.82, 2.24) is 15.5 Å². The molecule has 13 heavy (non-hydrogen) atoms. The zero-order valence-electron chi connectivity index (χ0n) is 7.62. The number of nitrogens with one attached hydrogen (secondary N) is 1. The van der Waals surface area contributed by atoms with Crippen LogP contribution in [-0.2, 0) is 0 Å². The van der Waals surface area contributed by atoms with Crippen LogP contribution in [0, 0.1) is 6.92 Å². The van der Waals surface area contributed by atoms with E-state index in [0.717, 1.165) is 18.1 Å². The molecule has 1 aliphatic rings. The van der Waals surface area contributed by atoms with E-state index < -0.39 is 0 Å². The van der Waals surface area contributed by atoms with Crippen molar-refractivity contribution in [3.63, 3.8) is 0 Å². The summed E-state index contributed by atoms with van der Waals surface area (Å²) in [7, 11) is 0. The second kappa shape index (κ2) is 4.88. The molecular formula is C8H14ClN3S. The van der Waals surface area contributed by atoms with Gasteiger partial charge in [-0.05, 0) is 32.9 Å². The van der Waals surface area contributed by atoms with Crippen LogP contribution in [0.5, 0.6) is 0 Å². The Kier molecular flexibility index (Phi) is 4.09. The average molecular weight is 220 g/mol. The summed E-state index contributed by atoms with van der Waals surface area (Å²) in [5.74, 6) is 0.664. The van der Waals surface area contributed by atoms with Crippen LogP contribution in [0.25, 0.3) is 0 Å².